The van der Waals surface area contributed by atoms with Gasteiger partial charge in [-0.2, -0.15) is 15.3 Å². The van der Waals surface area contributed by atoms with Crippen LogP contribution in [0.5, 0.6) is 5.75 Å². The molecule has 4 aromatic rings. The Kier molecular flexibility index (Phi) is 10.9. The van der Waals surface area contributed by atoms with Crippen molar-refractivity contribution < 1.29 is 26.8 Å². The zero-order valence-electron chi connectivity index (χ0n) is 23.0. The molecule has 0 aliphatic carbocycles. The predicted molar refractivity (Wildman–Crippen MR) is 157 cm³/mol. The standard InChI is InChI=1S/C28H26N6O.CH4O4S/c1-33(2)26-12-10-25(11-13-26)31-30-24-8-4-21(5-9-24)20-29-32-28(22-6-14-27(35)15-7-22)23-16-18-34(3)19-17-23;1-5-6(2,3)4/h4-20H,1-3H3;1H3,(H,2,3,4). The Labute approximate surface area is 239 Å². The summed E-state index contributed by atoms with van der Waals surface area (Å²) in [5.74, 6) is 0.207. The van der Waals surface area contributed by atoms with Crippen molar-refractivity contribution in [3.8, 4) is 5.75 Å². The maximum absolute atomic E-state index is 9.64. The van der Waals surface area contributed by atoms with Gasteiger partial charge in [0.2, 0.25) is 10.4 Å². The maximum atomic E-state index is 9.64. The topological polar surface area (TPSA) is 143 Å². The maximum Gasteiger partial charge on any atom is 0.217 e. The fourth-order valence-electron chi connectivity index (χ4n) is 3.27. The largest absolute Gasteiger partial charge is 0.726 e. The molecule has 41 heavy (non-hydrogen) atoms. The number of hydrogen-bond donors (Lipinski definition) is 1. The van der Waals surface area contributed by atoms with E-state index in [1.165, 1.54) is 0 Å². The Morgan fingerprint density at radius 1 is 0.854 bits per heavy atom. The van der Waals surface area contributed by atoms with Gasteiger partial charge in [-0.15, -0.1) is 5.10 Å². The van der Waals surface area contributed by atoms with Crippen LogP contribution in [0.3, 0.4) is 0 Å². The smallest absolute Gasteiger partial charge is 0.217 e. The van der Waals surface area contributed by atoms with Crippen LogP contribution in [-0.2, 0) is 21.6 Å². The quantitative estimate of drug-likeness (QED) is 0.0809. The highest BCUT2D eigenvalue weighted by Crippen LogP contribution is 2.21. The molecule has 0 amide bonds. The molecule has 0 fully saturated rings. The molecule has 11 nitrogen and oxygen atoms in total. The number of pyridine rings is 1. The summed E-state index contributed by atoms with van der Waals surface area (Å²) in [4.78, 5) is 2.04. The van der Waals surface area contributed by atoms with Crippen molar-refractivity contribution in [1.82, 2.24) is 0 Å². The van der Waals surface area contributed by atoms with Crippen LogP contribution in [0.4, 0.5) is 17.1 Å². The third-order valence-corrected chi connectivity index (χ3v) is 5.91. The van der Waals surface area contributed by atoms with Crippen molar-refractivity contribution in [2.45, 2.75) is 0 Å². The van der Waals surface area contributed by atoms with Crippen molar-refractivity contribution in [2.24, 2.45) is 27.5 Å². The summed E-state index contributed by atoms with van der Waals surface area (Å²) in [6, 6.07) is 26.4. The lowest BCUT2D eigenvalue weighted by Gasteiger charge is -2.11. The van der Waals surface area contributed by atoms with E-state index in [9.17, 15) is 18.1 Å². The van der Waals surface area contributed by atoms with Crippen molar-refractivity contribution in [1.29, 1.82) is 0 Å². The fourth-order valence-corrected chi connectivity index (χ4v) is 3.27. The average Bonchev–Trinajstić information content (AvgIpc) is 2.96. The van der Waals surface area contributed by atoms with Gasteiger partial charge in [0.05, 0.1) is 24.7 Å². The number of phenols is 1. The highest BCUT2D eigenvalue weighted by molar-refractivity contribution is 7.80. The number of hydrogen-bond acceptors (Lipinski definition) is 10. The van der Waals surface area contributed by atoms with Gasteiger partial charge in [-0.05, 0) is 66.2 Å². The highest BCUT2D eigenvalue weighted by Gasteiger charge is 2.09. The van der Waals surface area contributed by atoms with Crippen LogP contribution in [0.15, 0.2) is 118 Å². The molecule has 1 N–H and O–H groups in total. The number of phenolic OH excluding ortho intramolecular Hbond substituents is 1. The van der Waals surface area contributed by atoms with Crippen LogP contribution < -0.4 is 9.47 Å². The van der Waals surface area contributed by atoms with Gasteiger partial charge >= 0.3 is 0 Å². The average molecular weight is 575 g/mol. The van der Waals surface area contributed by atoms with Gasteiger partial charge in [0.15, 0.2) is 12.4 Å². The minimum Gasteiger partial charge on any atom is -0.726 e. The van der Waals surface area contributed by atoms with E-state index in [-0.39, 0.29) is 5.75 Å². The third-order valence-electron chi connectivity index (χ3n) is 5.50. The second kappa shape index (κ2) is 14.6. The zero-order valence-corrected chi connectivity index (χ0v) is 23.8. The molecule has 0 unspecified atom stereocenters. The SMILES string of the molecule is CN(C)c1ccc(/N=N/c2ccc(/C=N/N=C(/c3ccc(O)cc3)c3cc[n+](C)cc3)cc2)cc1.COS(=O)(=O)[O-]. The zero-order chi connectivity index (χ0) is 29.8. The van der Waals surface area contributed by atoms with Gasteiger partial charge in [-0.3, -0.25) is 4.18 Å². The van der Waals surface area contributed by atoms with E-state index in [0.29, 0.717) is 5.71 Å². The molecule has 0 radical (unpaired) electrons. The van der Waals surface area contributed by atoms with Crippen LogP contribution in [-0.4, -0.2) is 51.2 Å². The van der Waals surface area contributed by atoms with Crippen molar-refractivity contribution >= 4 is 39.4 Å². The molecule has 1 aromatic heterocycles. The molecule has 212 valence electrons. The summed E-state index contributed by atoms with van der Waals surface area (Å²) in [5, 5.41) is 27.1. The van der Waals surface area contributed by atoms with E-state index < -0.39 is 10.4 Å². The number of azo groups is 1. The molecule has 12 heteroatoms. The molecule has 0 aliphatic rings. The first-order chi connectivity index (χ1) is 19.5. The number of benzene rings is 3. The molecule has 0 aliphatic heterocycles. The summed E-state index contributed by atoms with van der Waals surface area (Å²) < 4.78 is 33.0. The molecule has 0 saturated carbocycles. The Morgan fingerprint density at radius 3 is 1.83 bits per heavy atom. The van der Waals surface area contributed by atoms with Gasteiger partial charge in [-0.1, -0.05) is 12.1 Å². The molecule has 0 spiro atoms. The first kappa shape index (κ1) is 30.8. The van der Waals surface area contributed by atoms with Gasteiger partial charge in [-0.25, -0.2) is 13.0 Å². The molecule has 0 bridgehead atoms. The van der Waals surface area contributed by atoms with Crippen LogP contribution in [0.2, 0.25) is 0 Å². The molecule has 4 rings (SSSR count). The molecular weight excluding hydrogens is 544 g/mol. The number of anilines is 1. The third kappa shape index (κ3) is 10.4. The second-order valence-electron chi connectivity index (χ2n) is 8.77. The van der Waals surface area contributed by atoms with Gasteiger partial charge in [0.1, 0.15) is 18.5 Å². The van der Waals surface area contributed by atoms with Crippen molar-refractivity contribution in [2.75, 3.05) is 26.1 Å². The van der Waals surface area contributed by atoms with E-state index in [1.807, 2.05) is 116 Å². The lowest BCUT2D eigenvalue weighted by atomic mass is 10.0. The minimum absolute atomic E-state index is 0.207. The number of nitrogens with zero attached hydrogens (tertiary/aromatic N) is 6. The molecule has 0 saturated heterocycles. The lowest BCUT2D eigenvalue weighted by Crippen LogP contribution is -2.26. The number of aromatic nitrogens is 1. The first-order valence-electron chi connectivity index (χ1n) is 12.2. The first-order valence-corrected chi connectivity index (χ1v) is 13.5. The van der Waals surface area contributed by atoms with Crippen LogP contribution in [0.25, 0.3) is 0 Å². The summed E-state index contributed by atoms with van der Waals surface area (Å²) in [6.45, 7) is 0. The Balaban J connectivity index is 0.000000696. The summed E-state index contributed by atoms with van der Waals surface area (Å²) in [5.41, 5.74) is 6.07. The predicted octanol–water partition coefficient (Wildman–Crippen LogP) is 4.66. The molecule has 3 aromatic carbocycles. The fraction of sp³-hybridized carbons (Fsp3) is 0.138. The lowest BCUT2D eigenvalue weighted by molar-refractivity contribution is -0.671. The minimum atomic E-state index is -4.41. The highest BCUT2D eigenvalue weighted by atomic mass is 32.3. The summed E-state index contributed by atoms with van der Waals surface area (Å²) >= 11 is 0. The molecular formula is C29H30N6O5S. The molecule has 1 heterocycles. The van der Waals surface area contributed by atoms with E-state index in [1.54, 1.807) is 18.3 Å². The van der Waals surface area contributed by atoms with Gasteiger partial charge in [0.25, 0.3) is 0 Å². The van der Waals surface area contributed by atoms with Crippen LogP contribution in [0, 0.1) is 0 Å². The van der Waals surface area contributed by atoms with E-state index >= 15 is 0 Å². The number of rotatable bonds is 8. The van der Waals surface area contributed by atoms with E-state index in [0.717, 1.165) is 40.9 Å². The van der Waals surface area contributed by atoms with Gasteiger partial charge < -0.3 is 14.6 Å². The summed E-state index contributed by atoms with van der Waals surface area (Å²) in [7, 11) is 2.36. The van der Waals surface area contributed by atoms with E-state index in [4.69, 9.17) is 0 Å². The normalized spacial score (nSPS) is 11.9. The van der Waals surface area contributed by atoms with Crippen molar-refractivity contribution in [3.63, 3.8) is 0 Å². The number of aryl methyl sites for hydroxylation is 1. The Morgan fingerprint density at radius 2 is 1.34 bits per heavy atom. The van der Waals surface area contributed by atoms with E-state index in [2.05, 4.69) is 24.6 Å². The van der Waals surface area contributed by atoms with Crippen LogP contribution in [0.1, 0.15) is 16.7 Å². The van der Waals surface area contributed by atoms with Crippen LogP contribution >= 0.6 is 0 Å². The monoisotopic (exact) mass is 574 g/mol. The Bertz CT molecular complexity index is 1550. The van der Waals surface area contributed by atoms with Gasteiger partial charge in [0, 0.05) is 43.0 Å². The summed E-state index contributed by atoms with van der Waals surface area (Å²) in [6.07, 6.45) is 5.61. The number of aromatic hydroxyl groups is 1. The molecule has 0 atom stereocenters. The Hall–Kier alpha value is -4.78. The second-order valence-corrected chi connectivity index (χ2v) is 9.92. The van der Waals surface area contributed by atoms with Crippen molar-refractivity contribution in [3.05, 3.63) is 114 Å².